The Labute approximate surface area is 213 Å². The highest BCUT2D eigenvalue weighted by Gasteiger charge is 2.40. The lowest BCUT2D eigenvalue weighted by molar-refractivity contribution is -0.139. The molecule has 1 saturated heterocycles. The third kappa shape index (κ3) is 5.43. The van der Waals surface area contributed by atoms with Gasteiger partial charge in [-0.2, -0.15) is 0 Å². The largest absolute Gasteiger partial charge is 0.493 e. The van der Waals surface area contributed by atoms with E-state index in [0.29, 0.717) is 54.5 Å². The van der Waals surface area contributed by atoms with Gasteiger partial charge in [0.1, 0.15) is 0 Å². The summed E-state index contributed by atoms with van der Waals surface area (Å²) in [6.07, 6.45) is 0. The molecule has 0 spiro atoms. The number of para-hydroxylation sites is 1. The Morgan fingerprint density at radius 2 is 1.89 bits per heavy atom. The zero-order valence-electron chi connectivity index (χ0n) is 22.3. The number of rotatable bonds is 8. The molecule has 1 fully saturated rings. The number of benzene rings is 1. The number of carbonyl (C=O) groups is 3. The second-order valence-electron chi connectivity index (χ2n) is 9.38. The van der Waals surface area contributed by atoms with E-state index in [9.17, 15) is 14.4 Å². The molecule has 0 aliphatic carbocycles. The summed E-state index contributed by atoms with van der Waals surface area (Å²) in [4.78, 5) is 44.5. The molecule has 0 saturated carbocycles. The highest BCUT2D eigenvalue weighted by molar-refractivity contribution is 5.95. The molecule has 0 bridgehead atoms. The van der Waals surface area contributed by atoms with Crippen LogP contribution in [0.25, 0.3) is 0 Å². The summed E-state index contributed by atoms with van der Waals surface area (Å²) >= 11 is 0. The van der Waals surface area contributed by atoms with Gasteiger partial charge >= 0.3 is 12.0 Å². The smallest absolute Gasteiger partial charge is 0.338 e. The van der Waals surface area contributed by atoms with E-state index in [0.717, 1.165) is 0 Å². The number of methoxy groups -OCH3 is 2. The fourth-order valence-electron chi connectivity index (χ4n) is 4.82. The van der Waals surface area contributed by atoms with Crippen LogP contribution in [0.4, 0.5) is 4.79 Å². The number of piperazine rings is 1. The van der Waals surface area contributed by atoms with Crippen LogP contribution in [0.3, 0.4) is 0 Å². The zero-order valence-corrected chi connectivity index (χ0v) is 22.3. The van der Waals surface area contributed by atoms with Crippen LogP contribution in [-0.4, -0.2) is 92.7 Å². The number of carbonyl (C=O) groups excluding carboxylic acids is 3. The van der Waals surface area contributed by atoms with Crippen LogP contribution < -0.4 is 14.8 Å². The second kappa shape index (κ2) is 11.6. The maximum Gasteiger partial charge on any atom is 0.338 e. The lowest BCUT2D eigenvalue weighted by Gasteiger charge is -2.43. The molecule has 0 aromatic heterocycles. The van der Waals surface area contributed by atoms with Crippen LogP contribution in [0.1, 0.15) is 39.3 Å². The molecule has 10 heteroatoms. The molecule has 1 N–H and O–H groups in total. The van der Waals surface area contributed by atoms with Crippen molar-refractivity contribution in [1.29, 1.82) is 0 Å². The highest BCUT2D eigenvalue weighted by Crippen LogP contribution is 2.40. The quantitative estimate of drug-likeness (QED) is 0.545. The first kappa shape index (κ1) is 27.3. The van der Waals surface area contributed by atoms with E-state index in [-0.39, 0.29) is 30.5 Å². The van der Waals surface area contributed by atoms with E-state index in [1.807, 2.05) is 25.7 Å². The molecule has 2 aliphatic heterocycles. The molecule has 10 nitrogen and oxygen atoms in total. The molecule has 3 rings (SSSR count). The van der Waals surface area contributed by atoms with Gasteiger partial charge in [0.15, 0.2) is 11.5 Å². The van der Waals surface area contributed by atoms with Crippen LogP contribution in [0, 0.1) is 5.92 Å². The minimum atomic E-state index is -0.783. The first-order valence-corrected chi connectivity index (χ1v) is 12.3. The summed E-state index contributed by atoms with van der Waals surface area (Å²) in [5.74, 6) is 0.492. The molecule has 0 radical (unpaired) electrons. The van der Waals surface area contributed by atoms with Gasteiger partial charge in [-0.25, -0.2) is 9.59 Å². The Balaban J connectivity index is 2.02. The number of urea groups is 1. The number of ether oxygens (including phenoxy) is 3. The molecular weight excluding hydrogens is 464 g/mol. The minimum Gasteiger partial charge on any atom is -0.493 e. The third-order valence-corrected chi connectivity index (χ3v) is 6.68. The van der Waals surface area contributed by atoms with E-state index in [2.05, 4.69) is 10.2 Å². The maximum atomic E-state index is 13.3. The van der Waals surface area contributed by atoms with E-state index in [4.69, 9.17) is 14.2 Å². The monoisotopic (exact) mass is 502 g/mol. The standard InChI is InChI=1S/C26H38N4O6/c1-8-36-25(32)21-19(15-29-12-13-30(17(4)14-29)24(31)16(2)3)28(5)26(33)27-22(21)18-10-9-11-20(34-6)23(18)35-7/h9-11,16-17,22H,8,12-15H2,1-7H3,(H,27,33). The van der Waals surface area contributed by atoms with Gasteiger partial charge in [-0.15, -0.1) is 0 Å². The molecular formula is C26H38N4O6. The predicted octanol–water partition coefficient (Wildman–Crippen LogP) is 2.41. The average molecular weight is 503 g/mol. The van der Waals surface area contributed by atoms with Gasteiger partial charge in [0.2, 0.25) is 5.91 Å². The first-order valence-electron chi connectivity index (χ1n) is 12.3. The van der Waals surface area contributed by atoms with Crippen molar-refractivity contribution in [3.8, 4) is 11.5 Å². The van der Waals surface area contributed by atoms with Crippen molar-refractivity contribution in [3.63, 3.8) is 0 Å². The number of esters is 1. The van der Waals surface area contributed by atoms with Crippen molar-refractivity contribution >= 4 is 17.9 Å². The van der Waals surface area contributed by atoms with Gasteiger partial charge in [0.25, 0.3) is 0 Å². The van der Waals surface area contributed by atoms with Crippen molar-refractivity contribution < 1.29 is 28.6 Å². The van der Waals surface area contributed by atoms with Crippen molar-refractivity contribution in [2.75, 3.05) is 54.1 Å². The van der Waals surface area contributed by atoms with Crippen LogP contribution in [0.2, 0.25) is 0 Å². The molecule has 3 amide bonds. The molecule has 2 unspecified atom stereocenters. The van der Waals surface area contributed by atoms with Crippen molar-refractivity contribution in [3.05, 3.63) is 35.0 Å². The minimum absolute atomic E-state index is 0.0114. The van der Waals surface area contributed by atoms with Crippen LogP contribution >= 0.6 is 0 Å². The Kier molecular flexibility index (Phi) is 8.84. The molecule has 2 heterocycles. The molecule has 1 aromatic carbocycles. The number of hydrogen-bond acceptors (Lipinski definition) is 7. The third-order valence-electron chi connectivity index (χ3n) is 6.68. The molecule has 1 aromatic rings. The highest BCUT2D eigenvalue weighted by atomic mass is 16.5. The molecule has 2 atom stereocenters. The number of hydrogen-bond donors (Lipinski definition) is 1. The maximum absolute atomic E-state index is 13.3. The van der Waals surface area contributed by atoms with E-state index >= 15 is 0 Å². The van der Waals surface area contributed by atoms with E-state index in [1.54, 1.807) is 32.2 Å². The zero-order chi connectivity index (χ0) is 26.6. The lowest BCUT2D eigenvalue weighted by Crippen LogP contribution is -2.56. The first-order chi connectivity index (χ1) is 17.1. The van der Waals surface area contributed by atoms with Gasteiger partial charge < -0.3 is 24.4 Å². The number of nitrogens with one attached hydrogen (secondary N) is 1. The average Bonchev–Trinajstić information content (AvgIpc) is 2.85. The van der Waals surface area contributed by atoms with E-state index < -0.39 is 12.0 Å². The van der Waals surface area contributed by atoms with Crippen molar-refractivity contribution in [1.82, 2.24) is 20.0 Å². The number of nitrogens with zero attached hydrogens (tertiary/aromatic N) is 3. The predicted molar refractivity (Wildman–Crippen MR) is 135 cm³/mol. The summed E-state index contributed by atoms with van der Waals surface area (Å²) in [5, 5.41) is 2.93. The fourth-order valence-corrected chi connectivity index (χ4v) is 4.82. The molecule has 2 aliphatic rings. The molecule has 198 valence electrons. The van der Waals surface area contributed by atoms with Crippen LogP contribution in [0.5, 0.6) is 11.5 Å². The Morgan fingerprint density at radius 3 is 2.47 bits per heavy atom. The summed E-state index contributed by atoms with van der Waals surface area (Å²) in [7, 11) is 4.70. The van der Waals surface area contributed by atoms with Crippen LogP contribution in [0.15, 0.2) is 29.5 Å². The SMILES string of the molecule is CCOC(=O)C1=C(CN2CCN(C(=O)C(C)C)C(C)C2)N(C)C(=O)NC1c1cccc(OC)c1OC. The Bertz CT molecular complexity index is 1020. The summed E-state index contributed by atoms with van der Waals surface area (Å²) in [6.45, 7) is 9.97. The normalized spacial score (nSPS) is 20.9. The summed E-state index contributed by atoms with van der Waals surface area (Å²) in [5.41, 5.74) is 1.50. The number of likely N-dealkylation sites (N-methyl/N-ethyl adjacent to an activating group) is 1. The Morgan fingerprint density at radius 1 is 1.17 bits per heavy atom. The van der Waals surface area contributed by atoms with Gasteiger partial charge in [0.05, 0.1) is 32.4 Å². The van der Waals surface area contributed by atoms with Crippen LogP contribution in [-0.2, 0) is 14.3 Å². The number of amides is 3. The van der Waals surface area contributed by atoms with Crippen molar-refractivity contribution in [2.45, 2.75) is 39.8 Å². The van der Waals surface area contributed by atoms with Gasteiger partial charge in [-0.3, -0.25) is 14.6 Å². The van der Waals surface area contributed by atoms with E-state index in [1.165, 1.54) is 19.1 Å². The second-order valence-corrected chi connectivity index (χ2v) is 9.38. The fraction of sp³-hybridized carbons (Fsp3) is 0.577. The van der Waals surface area contributed by atoms with Gasteiger partial charge in [-0.05, 0) is 19.9 Å². The Hall–Kier alpha value is -3.27. The summed E-state index contributed by atoms with van der Waals surface area (Å²) < 4.78 is 16.5. The topological polar surface area (TPSA) is 101 Å². The lowest BCUT2D eigenvalue weighted by atomic mass is 9.93. The summed E-state index contributed by atoms with van der Waals surface area (Å²) in [6, 6.07) is 4.23. The van der Waals surface area contributed by atoms with Gasteiger partial charge in [0, 0.05) is 56.4 Å². The van der Waals surface area contributed by atoms with Crippen molar-refractivity contribution in [2.24, 2.45) is 5.92 Å². The van der Waals surface area contributed by atoms with Gasteiger partial charge in [-0.1, -0.05) is 26.0 Å². The molecule has 36 heavy (non-hydrogen) atoms.